The highest BCUT2D eigenvalue weighted by Gasteiger charge is 2.29. The Morgan fingerprint density at radius 3 is 2.94 bits per heavy atom. The molecule has 18 heavy (non-hydrogen) atoms. The number of benzene rings is 1. The molecule has 0 saturated heterocycles. The second kappa shape index (κ2) is 5.70. The number of hydrogen-bond donors (Lipinski definition) is 0. The number of hydrogen-bond acceptors (Lipinski definition) is 3. The molecule has 1 nitrogen and oxygen atoms in total. The lowest BCUT2D eigenvalue weighted by atomic mass is 9.86. The van der Waals surface area contributed by atoms with Crippen molar-refractivity contribution in [3.63, 3.8) is 0 Å². The maximum absolute atomic E-state index is 4.87. The quantitative estimate of drug-likeness (QED) is 0.651. The molecule has 3 heteroatoms. The van der Waals surface area contributed by atoms with Gasteiger partial charge in [0.1, 0.15) is 0 Å². The summed E-state index contributed by atoms with van der Waals surface area (Å²) in [6, 6.07) is 8.63. The summed E-state index contributed by atoms with van der Waals surface area (Å²) in [6.07, 6.45) is 8.93. The van der Waals surface area contributed by atoms with Gasteiger partial charge in [0.05, 0.1) is 10.7 Å². The molecule has 1 aliphatic carbocycles. The van der Waals surface area contributed by atoms with Crippen molar-refractivity contribution in [3.05, 3.63) is 24.3 Å². The van der Waals surface area contributed by atoms with E-state index in [0.717, 1.165) is 11.2 Å². The molecule has 0 spiro atoms. The van der Waals surface area contributed by atoms with Crippen molar-refractivity contribution in [3.8, 4) is 0 Å². The molecule has 0 aromatic heterocycles. The maximum Gasteiger partial charge on any atom is 0.0775 e. The summed E-state index contributed by atoms with van der Waals surface area (Å²) in [6.45, 7) is 0. The summed E-state index contributed by atoms with van der Waals surface area (Å²) in [4.78, 5) is 6.24. The number of nitrogens with zero attached hydrogens (tertiary/aromatic N) is 1. The zero-order chi connectivity index (χ0) is 12.4. The third-order valence-corrected chi connectivity index (χ3v) is 6.15. The van der Waals surface area contributed by atoms with Crippen molar-refractivity contribution >= 4 is 34.3 Å². The van der Waals surface area contributed by atoms with Gasteiger partial charge in [0.25, 0.3) is 0 Å². The third-order valence-electron chi connectivity index (χ3n) is 3.90. The van der Waals surface area contributed by atoms with Crippen molar-refractivity contribution in [2.24, 2.45) is 10.9 Å². The van der Waals surface area contributed by atoms with E-state index in [1.165, 1.54) is 47.7 Å². The molecule has 0 bridgehead atoms. The topological polar surface area (TPSA) is 12.4 Å². The minimum Gasteiger partial charge on any atom is -0.245 e. The molecule has 2 unspecified atom stereocenters. The molecule has 2 atom stereocenters. The van der Waals surface area contributed by atoms with Crippen LogP contribution in [0, 0.1) is 5.92 Å². The molecule has 1 aromatic rings. The summed E-state index contributed by atoms with van der Waals surface area (Å²) in [5, 5.41) is 2.12. The van der Waals surface area contributed by atoms with Crippen molar-refractivity contribution in [1.29, 1.82) is 0 Å². The highest BCUT2D eigenvalue weighted by Crippen LogP contribution is 2.44. The minimum atomic E-state index is 0.803. The molecule has 1 heterocycles. The van der Waals surface area contributed by atoms with Gasteiger partial charge < -0.3 is 0 Å². The predicted molar refractivity (Wildman–Crippen MR) is 83.3 cm³/mol. The van der Waals surface area contributed by atoms with E-state index < -0.39 is 0 Å². The van der Waals surface area contributed by atoms with E-state index in [1.807, 2.05) is 11.8 Å². The number of para-hydroxylation sites is 1. The van der Waals surface area contributed by atoms with Gasteiger partial charge in [-0.1, -0.05) is 25.0 Å². The van der Waals surface area contributed by atoms with Crippen LogP contribution in [0.1, 0.15) is 32.1 Å². The van der Waals surface area contributed by atoms with Crippen LogP contribution in [0.3, 0.4) is 0 Å². The van der Waals surface area contributed by atoms with Crippen LogP contribution in [-0.2, 0) is 0 Å². The molecule has 3 rings (SSSR count). The van der Waals surface area contributed by atoms with Crippen molar-refractivity contribution in [1.82, 2.24) is 0 Å². The molecule has 0 amide bonds. The monoisotopic (exact) mass is 277 g/mol. The molecular weight excluding hydrogens is 258 g/mol. The number of fused-ring (bicyclic) bond motifs is 2. The van der Waals surface area contributed by atoms with E-state index >= 15 is 0 Å². The molecular formula is C15H19NS2. The molecule has 2 aliphatic rings. The Kier molecular flexibility index (Phi) is 4.00. The normalized spacial score (nSPS) is 30.4. The Balaban J connectivity index is 1.97. The molecule has 1 aliphatic heterocycles. The van der Waals surface area contributed by atoms with E-state index in [4.69, 9.17) is 4.99 Å². The molecule has 0 N–H and O–H groups in total. The summed E-state index contributed by atoms with van der Waals surface area (Å²) >= 11 is 3.90. The third kappa shape index (κ3) is 2.62. The Bertz CT molecular complexity index is 456. The average molecular weight is 277 g/mol. The Morgan fingerprint density at radius 1 is 1.22 bits per heavy atom. The van der Waals surface area contributed by atoms with E-state index in [1.54, 1.807) is 0 Å². The van der Waals surface area contributed by atoms with Gasteiger partial charge in [0.15, 0.2) is 0 Å². The Morgan fingerprint density at radius 2 is 2.06 bits per heavy atom. The predicted octanol–water partition coefficient (Wildman–Crippen LogP) is 5.13. The lowest BCUT2D eigenvalue weighted by Crippen LogP contribution is -2.24. The van der Waals surface area contributed by atoms with E-state index in [2.05, 4.69) is 42.3 Å². The zero-order valence-corrected chi connectivity index (χ0v) is 12.4. The van der Waals surface area contributed by atoms with E-state index in [9.17, 15) is 0 Å². The highest BCUT2D eigenvalue weighted by atomic mass is 32.2. The van der Waals surface area contributed by atoms with Crippen LogP contribution in [-0.4, -0.2) is 16.5 Å². The van der Waals surface area contributed by atoms with E-state index in [0.29, 0.717) is 0 Å². The van der Waals surface area contributed by atoms with Crippen LogP contribution in [0.4, 0.5) is 5.69 Å². The number of rotatable bonds is 0. The average Bonchev–Trinajstić information content (AvgIpc) is 2.39. The zero-order valence-electron chi connectivity index (χ0n) is 10.8. The van der Waals surface area contributed by atoms with Crippen molar-refractivity contribution in [2.75, 3.05) is 6.26 Å². The first-order valence-electron chi connectivity index (χ1n) is 6.74. The van der Waals surface area contributed by atoms with Gasteiger partial charge in [-0.2, -0.15) is 0 Å². The fraction of sp³-hybridized carbons (Fsp3) is 0.533. The summed E-state index contributed by atoms with van der Waals surface area (Å²) in [5.41, 5.74) is 1.18. The summed E-state index contributed by atoms with van der Waals surface area (Å²) in [5.74, 6) is 0.836. The fourth-order valence-electron chi connectivity index (χ4n) is 2.91. The van der Waals surface area contributed by atoms with Crippen LogP contribution in [0.25, 0.3) is 0 Å². The molecule has 1 saturated carbocycles. The second-order valence-electron chi connectivity index (χ2n) is 5.08. The highest BCUT2D eigenvalue weighted by molar-refractivity contribution is 8.13. The summed E-state index contributed by atoms with van der Waals surface area (Å²) < 4.78 is 0. The second-order valence-corrected chi connectivity index (χ2v) is 7.24. The minimum absolute atomic E-state index is 0.803. The Hall–Kier alpha value is -0.410. The summed E-state index contributed by atoms with van der Waals surface area (Å²) in [7, 11) is 0. The van der Waals surface area contributed by atoms with Crippen LogP contribution < -0.4 is 0 Å². The lowest BCUT2D eigenvalue weighted by Gasteiger charge is -2.32. The van der Waals surface area contributed by atoms with Crippen molar-refractivity contribution < 1.29 is 0 Å². The molecule has 96 valence electrons. The van der Waals surface area contributed by atoms with Crippen LogP contribution in [0.5, 0.6) is 0 Å². The van der Waals surface area contributed by atoms with Gasteiger partial charge in [0, 0.05) is 10.1 Å². The van der Waals surface area contributed by atoms with Crippen LogP contribution in [0.15, 0.2) is 34.2 Å². The molecule has 1 fully saturated rings. The smallest absolute Gasteiger partial charge is 0.0775 e. The van der Waals surface area contributed by atoms with Crippen molar-refractivity contribution in [2.45, 2.75) is 42.2 Å². The fourth-order valence-corrected chi connectivity index (χ4v) is 4.91. The number of aliphatic imine (C=N–C) groups is 1. The van der Waals surface area contributed by atoms with Crippen LogP contribution in [0.2, 0.25) is 0 Å². The standard InChI is InChI=1S/C15H19NS2/c1-17-15-10-11-6-2-4-8-13(11)18-14-9-5-3-7-12(14)16-15/h3,5,7,9,11,13H,2,4,6,8,10H2,1H3/b16-15+. The molecule has 1 aromatic carbocycles. The Labute approximate surface area is 118 Å². The SMILES string of the molecule is CS/C1=N/c2ccccc2SC2CCCCC2C1. The largest absolute Gasteiger partial charge is 0.245 e. The van der Waals surface area contributed by atoms with Gasteiger partial charge in [-0.25, -0.2) is 4.99 Å². The first kappa shape index (κ1) is 12.6. The maximum atomic E-state index is 4.87. The van der Waals surface area contributed by atoms with Gasteiger partial charge in [-0.15, -0.1) is 23.5 Å². The van der Waals surface area contributed by atoms with Gasteiger partial charge >= 0.3 is 0 Å². The van der Waals surface area contributed by atoms with Crippen LogP contribution >= 0.6 is 23.5 Å². The van der Waals surface area contributed by atoms with Gasteiger partial charge in [0.2, 0.25) is 0 Å². The first-order valence-corrected chi connectivity index (χ1v) is 8.84. The van der Waals surface area contributed by atoms with Gasteiger partial charge in [-0.05, 0) is 43.6 Å². The molecule has 0 radical (unpaired) electrons. The first-order chi connectivity index (χ1) is 8.86. The van der Waals surface area contributed by atoms with Gasteiger partial charge in [-0.3, -0.25) is 0 Å². The lowest BCUT2D eigenvalue weighted by molar-refractivity contribution is 0.381. The number of thioether (sulfide) groups is 2. The van der Waals surface area contributed by atoms with E-state index in [-0.39, 0.29) is 0 Å².